The molecule has 90 valence electrons. The molecule has 4 heteroatoms. The van der Waals surface area contributed by atoms with Gasteiger partial charge in [-0.15, -0.1) is 0 Å². The summed E-state index contributed by atoms with van der Waals surface area (Å²) >= 11 is 0. The molecule has 0 unspecified atom stereocenters. The molecule has 0 aromatic heterocycles. The number of aliphatic carboxylic acids is 1. The van der Waals surface area contributed by atoms with Gasteiger partial charge in [-0.25, -0.2) is 9.79 Å². The van der Waals surface area contributed by atoms with Gasteiger partial charge in [0.05, 0.1) is 16.9 Å². The number of dihydropyridines is 1. The Balaban J connectivity index is 2.24. The highest BCUT2D eigenvalue weighted by Gasteiger charge is 2.37. The molecule has 0 spiro atoms. The number of carboxylic acids is 1. The summed E-state index contributed by atoms with van der Waals surface area (Å²) in [5, 5.41) is 9.12. The highest BCUT2D eigenvalue weighted by molar-refractivity contribution is 6.48. The molecule has 0 aliphatic carbocycles. The summed E-state index contributed by atoms with van der Waals surface area (Å²) in [4.78, 5) is 19.9. The van der Waals surface area contributed by atoms with Crippen molar-refractivity contribution in [2.24, 2.45) is 9.98 Å². The summed E-state index contributed by atoms with van der Waals surface area (Å²) in [5.41, 5.74) is 3.07. The summed E-state index contributed by atoms with van der Waals surface area (Å²) in [6, 6.07) is 7.74. The first-order valence-corrected chi connectivity index (χ1v) is 5.73. The van der Waals surface area contributed by atoms with Crippen LogP contribution < -0.4 is 0 Å². The fourth-order valence-corrected chi connectivity index (χ4v) is 2.35. The summed E-state index contributed by atoms with van der Waals surface area (Å²) in [6.07, 6.45) is 1.61. The van der Waals surface area contributed by atoms with Crippen molar-refractivity contribution in [3.63, 3.8) is 0 Å². The molecule has 0 radical (unpaired) electrons. The number of rotatable bonds is 1. The Morgan fingerprint density at radius 1 is 1.28 bits per heavy atom. The van der Waals surface area contributed by atoms with E-state index < -0.39 is 11.5 Å². The van der Waals surface area contributed by atoms with Crippen LogP contribution in [0, 0.1) is 0 Å². The minimum absolute atomic E-state index is 0.0886. The third kappa shape index (κ3) is 1.42. The zero-order chi connectivity index (χ0) is 12.9. The van der Waals surface area contributed by atoms with Crippen molar-refractivity contribution in [3.8, 4) is 0 Å². The third-order valence-electron chi connectivity index (χ3n) is 3.16. The first-order valence-electron chi connectivity index (χ1n) is 5.73. The fraction of sp³-hybridized carbons (Fsp3) is 0.214. The fourth-order valence-electron chi connectivity index (χ4n) is 2.35. The monoisotopic (exact) mass is 240 g/mol. The number of benzene rings is 1. The number of carboxylic acid groups (broad SMARTS) is 1. The van der Waals surface area contributed by atoms with E-state index >= 15 is 0 Å². The van der Waals surface area contributed by atoms with Crippen LogP contribution in [-0.2, 0) is 4.79 Å². The van der Waals surface area contributed by atoms with Crippen LogP contribution in [0.5, 0.6) is 0 Å². The quantitative estimate of drug-likeness (QED) is 0.819. The Labute approximate surface area is 104 Å². The second-order valence-corrected chi connectivity index (χ2v) is 4.90. The molecule has 1 aromatic rings. The molecule has 0 bridgehead atoms. The molecule has 0 saturated heterocycles. The molecule has 1 N–H and O–H groups in total. The lowest BCUT2D eigenvalue weighted by Gasteiger charge is -2.25. The smallest absolute Gasteiger partial charge is 0.354 e. The van der Waals surface area contributed by atoms with Gasteiger partial charge in [-0.2, -0.15) is 0 Å². The number of hydrogen-bond acceptors (Lipinski definition) is 3. The van der Waals surface area contributed by atoms with Crippen LogP contribution in [-0.4, -0.2) is 28.0 Å². The molecule has 4 nitrogen and oxygen atoms in total. The lowest BCUT2D eigenvalue weighted by atomic mass is 9.87. The lowest BCUT2D eigenvalue weighted by molar-refractivity contribution is -0.129. The van der Waals surface area contributed by atoms with Crippen molar-refractivity contribution < 1.29 is 9.90 Å². The van der Waals surface area contributed by atoms with Gasteiger partial charge >= 0.3 is 5.97 Å². The van der Waals surface area contributed by atoms with Crippen LogP contribution in [0.25, 0.3) is 5.57 Å². The molecule has 18 heavy (non-hydrogen) atoms. The topological polar surface area (TPSA) is 62.0 Å². The molecular weight excluding hydrogens is 228 g/mol. The minimum atomic E-state index is -1.00. The average Bonchev–Trinajstić information content (AvgIpc) is 2.68. The van der Waals surface area contributed by atoms with Crippen molar-refractivity contribution in [1.82, 2.24) is 0 Å². The SMILES string of the molecule is CC1(C)N=C(C(=O)O)C=C2C1=Nc1ccccc12. The molecule has 2 aliphatic rings. The Kier molecular flexibility index (Phi) is 2.05. The number of aliphatic imine (C=N–C) groups is 2. The molecule has 0 amide bonds. The zero-order valence-electron chi connectivity index (χ0n) is 10.1. The molecular formula is C14H12N2O2. The van der Waals surface area contributed by atoms with Gasteiger partial charge in [0.1, 0.15) is 5.71 Å². The summed E-state index contributed by atoms with van der Waals surface area (Å²) in [6.45, 7) is 3.77. The van der Waals surface area contributed by atoms with E-state index in [0.29, 0.717) is 0 Å². The molecule has 2 aliphatic heterocycles. The second-order valence-electron chi connectivity index (χ2n) is 4.90. The third-order valence-corrected chi connectivity index (χ3v) is 3.16. The van der Waals surface area contributed by atoms with Crippen LogP contribution >= 0.6 is 0 Å². The normalized spacial score (nSPS) is 19.3. The largest absolute Gasteiger partial charge is 0.477 e. The number of para-hydroxylation sites is 1. The van der Waals surface area contributed by atoms with Crippen LogP contribution in [0.1, 0.15) is 19.4 Å². The van der Waals surface area contributed by atoms with E-state index in [9.17, 15) is 4.79 Å². The first-order chi connectivity index (χ1) is 8.49. The van der Waals surface area contributed by atoms with Crippen LogP contribution in [0.15, 0.2) is 40.3 Å². The Hall–Kier alpha value is -2.23. The average molecular weight is 240 g/mol. The lowest BCUT2D eigenvalue weighted by Crippen LogP contribution is -2.35. The van der Waals surface area contributed by atoms with Crippen molar-refractivity contribution in [1.29, 1.82) is 0 Å². The molecule has 0 atom stereocenters. The van der Waals surface area contributed by atoms with Gasteiger partial charge in [-0.1, -0.05) is 18.2 Å². The predicted octanol–water partition coefficient (Wildman–Crippen LogP) is 2.47. The maximum Gasteiger partial charge on any atom is 0.354 e. The van der Waals surface area contributed by atoms with Gasteiger partial charge in [0.25, 0.3) is 0 Å². The molecule has 3 rings (SSSR count). The van der Waals surface area contributed by atoms with Crippen molar-refractivity contribution in [2.75, 3.05) is 0 Å². The molecule has 2 heterocycles. The number of nitrogens with zero attached hydrogens (tertiary/aromatic N) is 2. The van der Waals surface area contributed by atoms with Crippen LogP contribution in [0.3, 0.4) is 0 Å². The second kappa shape index (κ2) is 3.38. The minimum Gasteiger partial charge on any atom is -0.477 e. The maximum atomic E-state index is 11.1. The van der Waals surface area contributed by atoms with E-state index in [1.165, 1.54) is 0 Å². The van der Waals surface area contributed by atoms with Gasteiger partial charge in [-0.3, -0.25) is 4.99 Å². The van der Waals surface area contributed by atoms with E-state index in [1.807, 2.05) is 38.1 Å². The Bertz CT molecular complexity index is 652. The highest BCUT2D eigenvalue weighted by Crippen LogP contribution is 2.40. The van der Waals surface area contributed by atoms with E-state index in [-0.39, 0.29) is 5.71 Å². The van der Waals surface area contributed by atoms with Crippen molar-refractivity contribution >= 4 is 28.7 Å². The van der Waals surface area contributed by atoms with Gasteiger partial charge in [0, 0.05) is 11.1 Å². The summed E-state index contributed by atoms with van der Waals surface area (Å²) in [7, 11) is 0. The van der Waals surface area contributed by atoms with E-state index in [1.54, 1.807) is 6.08 Å². The molecule has 0 saturated carbocycles. The van der Waals surface area contributed by atoms with Gasteiger partial charge in [-0.05, 0) is 26.0 Å². The highest BCUT2D eigenvalue weighted by atomic mass is 16.4. The molecule has 0 fully saturated rings. The van der Waals surface area contributed by atoms with E-state index in [2.05, 4.69) is 9.98 Å². The Morgan fingerprint density at radius 3 is 2.72 bits per heavy atom. The van der Waals surface area contributed by atoms with E-state index in [4.69, 9.17) is 5.11 Å². The zero-order valence-corrected chi connectivity index (χ0v) is 10.1. The van der Waals surface area contributed by atoms with Crippen molar-refractivity contribution in [3.05, 3.63) is 35.9 Å². The summed E-state index contributed by atoms with van der Waals surface area (Å²) in [5.74, 6) is -1.00. The van der Waals surface area contributed by atoms with Crippen molar-refractivity contribution in [2.45, 2.75) is 19.4 Å². The van der Waals surface area contributed by atoms with Gasteiger partial charge < -0.3 is 5.11 Å². The Morgan fingerprint density at radius 2 is 2.00 bits per heavy atom. The standard InChI is InChI=1S/C14H12N2O2/c1-14(2)12-9(7-11(16-14)13(17)18)8-5-3-4-6-10(8)15-12/h3-7H,1-2H3,(H,17,18). The summed E-state index contributed by atoms with van der Waals surface area (Å²) < 4.78 is 0. The number of hydrogen-bond donors (Lipinski definition) is 1. The van der Waals surface area contributed by atoms with Gasteiger partial charge in [0.2, 0.25) is 0 Å². The van der Waals surface area contributed by atoms with Crippen LogP contribution in [0.2, 0.25) is 0 Å². The number of carbonyl (C=O) groups is 1. The first kappa shape index (κ1) is 10.9. The van der Waals surface area contributed by atoms with Gasteiger partial charge in [0.15, 0.2) is 0 Å². The van der Waals surface area contributed by atoms with E-state index in [0.717, 1.165) is 22.5 Å². The predicted molar refractivity (Wildman–Crippen MR) is 70.7 cm³/mol. The van der Waals surface area contributed by atoms with Crippen LogP contribution in [0.4, 0.5) is 5.69 Å². The number of fused-ring (bicyclic) bond motifs is 3. The maximum absolute atomic E-state index is 11.1. The molecule has 1 aromatic carbocycles.